The molecule has 10 heteroatoms. The molecule has 7 nitrogen and oxygen atoms in total. The summed E-state index contributed by atoms with van der Waals surface area (Å²) in [4.78, 5) is 16.0. The van der Waals surface area contributed by atoms with E-state index in [1.165, 1.54) is 23.4 Å². The zero-order chi connectivity index (χ0) is 22.3. The highest BCUT2D eigenvalue weighted by Gasteiger charge is 2.44. The largest absolute Gasteiger partial charge is 0.381 e. The highest BCUT2D eigenvalue weighted by atomic mass is 32.1. The van der Waals surface area contributed by atoms with Gasteiger partial charge in [-0.05, 0) is 25.1 Å². The van der Waals surface area contributed by atoms with Gasteiger partial charge in [-0.1, -0.05) is 6.07 Å². The minimum absolute atomic E-state index is 0.0150. The van der Waals surface area contributed by atoms with Gasteiger partial charge in [0.05, 0.1) is 12.2 Å². The van der Waals surface area contributed by atoms with E-state index in [0.29, 0.717) is 13.1 Å². The van der Waals surface area contributed by atoms with Crippen molar-refractivity contribution in [3.8, 4) is 10.6 Å². The number of hydrogen-bond acceptors (Lipinski definition) is 7. The number of pyridine rings is 1. The lowest BCUT2D eigenvalue weighted by atomic mass is 9.85. The van der Waals surface area contributed by atoms with Crippen LogP contribution in [0.25, 0.3) is 10.6 Å². The summed E-state index contributed by atoms with van der Waals surface area (Å²) in [7, 11) is 0. The van der Waals surface area contributed by atoms with Gasteiger partial charge in [0.1, 0.15) is 34.9 Å². The van der Waals surface area contributed by atoms with Crippen LogP contribution in [0.2, 0.25) is 0 Å². The fourth-order valence-electron chi connectivity index (χ4n) is 4.10. The molecule has 5 rings (SSSR count). The summed E-state index contributed by atoms with van der Waals surface area (Å²) < 4.78 is 29.8. The molecule has 164 valence electrons. The van der Waals surface area contributed by atoms with Gasteiger partial charge in [-0.3, -0.25) is 9.88 Å². The highest BCUT2D eigenvalue weighted by molar-refractivity contribution is 7.15. The summed E-state index contributed by atoms with van der Waals surface area (Å²) >= 11 is 1.59. The first-order valence-electron chi connectivity index (χ1n) is 10.1. The van der Waals surface area contributed by atoms with Crippen LogP contribution in [0.15, 0.2) is 55.4 Å². The van der Waals surface area contributed by atoms with Crippen molar-refractivity contribution in [1.29, 1.82) is 0 Å². The van der Waals surface area contributed by atoms with Crippen LogP contribution in [-0.4, -0.2) is 40.8 Å². The van der Waals surface area contributed by atoms with Crippen molar-refractivity contribution in [2.24, 2.45) is 0 Å². The lowest BCUT2D eigenvalue weighted by Crippen LogP contribution is -2.50. The molecule has 1 aromatic carbocycles. The molecule has 4 aromatic rings. The van der Waals surface area contributed by atoms with E-state index in [1.807, 2.05) is 24.0 Å². The van der Waals surface area contributed by atoms with Crippen molar-refractivity contribution >= 4 is 11.3 Å². The average Bonchev–Trinajstić information content (AvgIpc) is 3.50. The summed E-state index contributed by atoms with van der Waals surface area (Å²) in [5.41, 5.74) is 0.235. The maximum Gasteiger partial charge on any atom is 0.137 e. The number of aromatic nitrogens is 5. The first-order valence-corrected chi connectivity index (χ1v) is 10.9. The first-order chi connectivity index (χ1) is 15.4. The van der Waals surface area contributed by atoms with E-state index in [9.17, 15) is 13.9 Å². The van der Waals surface area contributed by atoms with Crippen molar-refractivity contribution in [2.75, 3.05) is 0 Å². The molecule has 0 fully saturated rings. The van der Waals surface area contributed by atoms with Crippen LogP contribution in [0, 0.1) is 11.6 Å². The number of hydrogen-bond donors (Lipinski definition) is 1. The molecule has 0 saturated heterocycles. The molecule has 1 N–H and O–H groups in total. The van der Waals surface area contributed by atoms with Gasteiger partial charge < -0.3 is 5.11 Å². The zero-order valence-corrected chi connectivity index (χ0v) is 18.0. The standard InChI is InChI=1S/C22H20F2N6OS/c1-14(29-9-19-20(10-29)32-21(28-19)15-3-2-6-25-8-15)22(31,11-30-13-26-12-27-30)17-5-4-16(23)7-18(17)24/h2-8,12-14,31H,9-11H2,1H3/t14?,22-/m1/s1. The summed E-state index contributed by atoms with van der Waals surface area (Å²) in [6.45, 7) is 2.88. The topological polar surface area (TPSA) is 80.0 Å². The van der Waals surface area contributed by atoms with Gasteiger partial charge in [0.25, 0.3) is 0 Å². The third kappa shape index (κ3) is 3.70. The van der Waals surface area contributed by atoms with Crippen LogP contribution in [0.1, 0.15) is 23.1 Å². The average molecular weight is 455 g/mol. The Morgan fingerprint density at radius 2 is 2.09 bits per heavy atom. The molecule has 0 amide bonds. The van der Waals surface area contributed by atoms with Crippen molar-refractivity contribution in [3.05, 3.63) is 83.1 Å². The lowest BCUT2D eigenvalue weighted by Gasteiger charge is -2.39. The van der Waals surface area contributed by atoms with Crippen LogP contribution >= 0.6 is 11.3 Å². The molecule has 0 aliphatic carbocycles. The van der Waals surface area contributed by atoms with E-state index in [1.54, 1.807) is 23.7 Å². The van der Waals surface area contributed by atoms with Crippen molar-refractivity contribution in [2.45, 2.75) is 38.2 Å². The number of halogens is 2. The number of rotatable bonds is 6. The van der Waals surface area contributed by atoms with Crippen LogP contribution in [0.4, 0.5) is 8.78 Å². The molecule has 1 aliphatic heterocycles. The maximum absolute atomic E-state index is 14.8. The second-order valence-electron chi connectivity index (χ2n) is 7.85. The van der Waals surface area contributed by atoms with Crippen molar-refractivity contribution in [3.63, 3.8) is 0 Å². The molecular weight excluding hydrogens is 434 g/mol. The van der Waals surface area contributed by atoms with Gasteiger partial charge in [0.15, 0.2) is 0 Å². The van der Waals surface area contributed by atoms with E-state index >= 15 is 0 Å². The van der Waals surface area contributed by atoms with Crippen LogP contribution in [-0.2, 0) is 25.2 Å². The monoisotopic (exact) mass is 454 g/mol. The van der Waals surface area contributed by atoms with E-state index in [0.717, 1.165) is 33.3 Å². The summed E-state index contributed by atoms with van der Waals surface area (Å²) in [6, 6.07) is 6.56. The number of thiazole rings is 1. The number of aliphatic hydroxyl groups is 1. The molecule has 32 heavy (non-hydrogen) atoms. The van der Waals surface area contributed by atoms with E-state index in [4.69, 9.17) is 4.98 Å². The maximum atomic E-state index is 14.8. The zero-order valence-electron chi connectivity index (χ0n) is 17.2. The quantitative estimate of drug-likeness (QED) is 0.481. The van der Waals surface area contributed by atoms with Crippen molar-refractivity contribution in [1.82, 2.24) is 29.6 Å². The van der Waals surface area contributed by atoms with Gasteiger partial charge in [-0.2, -0.15) is 5.10 Å². The Kier molecular flexibility index (Phi) is 5.28. The smallest absolute Gasteiger partial charge is 0.137 e. The molecule has 1 aliphatic rings. The van der Waals surface area contributed by atoms with Gasteiger partial charge in [-0.25, -0.2) is 23.4 Å². The summed E-state index contributed by atoms with van der Waals surface area (Å²) in [5.74, 6) is -1.50. The fourth-order valence-corrected chi connectivity index (χ4v) is 5.18. The summed E-state index contributed by atoms with van der Waals surface area (Å²) in [6.07, 6.45) is 6.31. The Labute approximate surface area is 187 Å². The molecule has 0 saturated carbocycles. The summed E-state index contributed by atoms with van der Waals surface area (Å²) in [5, 5.41) is 16.8. The van der Waals surface area contributed by atoms with Crippen LogP contribution in [0.5, 0.6) is 0 Å². The third-order valence-corrected chi connectivity index (χ3v) is 7.02. The molecule has 2 atom stereocenters. The minimum atomic E-state index is -1.67. The van der Waals surface area contributed by atoms with E-state index in [-0.39, 0.29) is 12.1 Å². The number of fused-ring (bicyclic) bond motifs is 1. The first kappa shape index (κ1) is 20.8. The van der Waals surface area contributed by atoms with Crippen LogP contribution in [0.3, 0.4) is 0 Å². The Morgan fingerprint density at radius 3 is 2.78 bits per heavy atom. The Balaban J connectivity index is 1.44. The van der Waals surface area contributed by atoms with Gasteiger partial charge in [-0.15, -0.1) is 11.3 Å². The molecule has 0 radical (unpaired) electrons. The lowest BCUT2D eigenvalue weighted by molar-refractivity contribution is -0.0657. The predicted molar refractivity (Wildman–Crippen MR) is 114 cm³/mol. The molecular formula is C22H20F2N6OS. The third-order valence-electron chi connectivity index (χ3n) is 5.89. The second-order valence-corrected chi connectivity index (χ2v) is 8.94. The van der Waals surface area contributed by atoms with Gasteiger partial charge in [0, 0.05) is 53.6 Å². The Hall–Kier alpha value is -3.08. The van der Waals surface area contributed by atoms with Gasteiger partial charge >= 0.3 is 0 Å². The molecule has 1 unspecified atom stereocenters. The highest BCUT2D eigenvalue weighted by Crippen LogP contribution is 2.39. The Morgan fingerprint density at radius 1 is 1.22 bits per heavy atom. The predicted octanol–water partition coefficient (Wildman–Crippen LogP) is 3.37. The number of benzene rings is 1. The van der Waals surface area contributed by atoms with Crippen molar-refractivity contribution < 1.29 is 13.9 Å². The van der Waals surface area contributed by atoms with E-state index in [2.05, 4.69) is 15.1 Å². The molecule has 0 bridgehead atoms. The Bertz CT molecular complexity index is 1210. The normalized spacial score (nSPS) is 16.6. The molecule has 4 heterocycles. The molecule has 3 aromatic heterocycles. The van der Waals surface area contributed by atoms with Gasteiger partial charge in [0.2, 0.25) is 0 Å². The molecule has 0 spiro atoms. The SMILES string of the molecule is CC(N1Cc2nc(-c3cccnc3)sc2C1)[C@](O)(Cn1cncn1)c1ccc(F)cc1F. The van der Waals surface area contributed by atoms with E-state index < -0.39 is 23.3 Å². The minimum Gasteiger partial charge on any atom is -0.381 e. The van der Waals surface area contributed by atoms with Crippen LogP contribution < -0.4 is 0 Å². The fraction of sp³-hybridized carbons (Fsp3) is 0.273. The number of nitrogens with zero attached hydrogens (tertiary/aromatic N) is 6. The second kappa shape index (κ2) is 8.12.